The highest BCUT2D eigenvalue weighted by Gasteiger charge is 2.08. The van der Waals surface area contributed by atoms with Crippen molar-refractivity contribution < 1.29 is 0 Å². The first-order valence-corrected chi connectivity index (χ1v) is 6.37. The number of aryl methyl sites for hydroxylation is 2. The van der Waals surface area contributed by atoms with Gasteiger partial charge in [0, 0.05) is 28.3 Å². The molecule has 0 spiro atoms. The molecule has 0 atom stereocenters. The molecule has 0 amide bonds. The minimum Gasteiger partial charge on any atom is -0.385 e. The van der Waals surface area contributed by atoms with Gasteiger partial charge in [0.25, 0.3) is 0 Å². The first-order chi connectivity index (χ1) is 8.17. The van der Waals surface area contributed by atoms with E-state index in [-0.39, 0.29) is 0 Å². The van der Waals surface area contributed by atoms with Crippen LogP contribution in [0.15, 0.2) is 18.2 Å². The Labute approximate surface area is 107 Å². The number of anilines is 1. The molecule has 2 aromatic rings. The van der Waals surface area contributed by atoms with Crippen LogP contribution < -0.4 is 5.32 Å². The van der Waals surface area contributed by atoms with Crippen molar-refractivity contribution in [2.24, 2.45) is 0 Å². The molecule has 1 heterocycles. The maximum absolute atomic E-state index is 6.15. The normalized spacial score (nSPS) is 10.8. The third kappa shape index (κ3) is 2.22. The van der Waals surface area contributed by atoms with Gasteiger partial charge >= 0.3 is 0 Å². The molecule has 0 aliphatic heterocycles. The molecule has 0 aliphatic rings. The lowest BCUT2D eigenvalue weighted by Gasteiger charge is -2.12. The summed E-state index contributed by atoms with van der Waals surface area (Å²) < 4.78 is 0. The summed E-state index contributed by atoms with van der Waals surface area (Å²) in [5.41, 5.74) is 4.30. The van der Waals surface area contributed by atoms with Gasteiger partial charge in [-0.25, -0.2) is 0 Å². The summed E-state index contributed by atoms with van der Waals surface area (Å²) >= 11 is 6.15. The van der Waals surface area contributed by atoms with Crippen LogP contribution in [0.5, 0.6) is 0 Å². The highest BCUT2D eigenvalue weighted by atomic mass is 35.5. The molecule has 0 saturated heterocycles. The Hall–Kier alpha value is -1.28. The monoisotopic (exact) mass is 248 g/mol. The molecular weight excluding hydrogens is 232 g/mol. The van der Waals surface area contributed by atoms with E-state index in [0.717, 1.165) is 45.8 Å². The first-order valence-electron chi connectivity index (χ1n) is 6.00. The van der Waals surface area contributed by atoms with Gasteiger partial charge in [0.05, 0.1) is 5.52 Å². The van der Waals surface area contributed by atoms with Crippen LogP contribution in [0.1, 0.15) is 25.1 Å². The van der Waals surface area contributed by atoms with E-state index < -0.39 is 0 Å². The molecule has 0 unspecified atom stereocenters. The Morgan fingerprint density at radius 2 is 2.06 bits per heavy atom. The minimum absolute atomic E-state index is 0.778. The van der Waals surface area contributed by atoms with Crippen LogP contribution in [0.3, 0.4) is 0 Å². The predicted molar refractivity (Wildman–Crippen MR) is 75.0 cm³/mol. The molecule has 17 heavy (non-hydrogen) atoms. The number of aromatic nitrogens is 1. The van der Waals surface area contributed by atoms with Crippen LogP contribution in [-0.4, -0.2) is 11.5 Å². The number of nitrogens with zero attached hydrogens (tertiary/aromatic N) is 1. The van der Waals surface area contributed by atoms with E-state index in [0.29, 0.717) is 0 Å². The van der Waals surface area contributed by atoms with Crippen molar-refractivity contribution in [3.63, 3.8) is 0 Å². The van der Waals surface area contributed by atoms with Crippen molar-refractivity contribution in [2.45, 2.75) is 27.2 Å². The van der Waals surface area contributed by atoms with Crippen LogP contribution in [0.2, 0.25) is 5.02 Å². The minimum atomic E-state index is 0.778. The maximum atomic E-state index is 6.15. The summed E-state index contributed by atoms with van der Waals surface area (Å²) in [6.07, 6.45) is 0.931. The summed E-state index contributed by atoms with van der Waals surface area (Å²) in [6.45, 7) is 7.14. The fraction of sp³-hybridized carbons (Fsp3) is 0.357. The van der Waals surface area contributed by atoms with Crippen molar-refractivity contribution in [1.29, 1.82) is 0 Å². The number of benzene rings is 1. The molecule has 0 bridgehead atoms. The summed E-state index contributed by atoms with van der Waals surface area (Å²) in [4.78, 5) is 4.67. The van der Waals surface area contributed by atoms with E-state index in [2.05, 4.69) is 30.2 Å². The number of rotatable bonds is 3. The fourth-order valence-corrected chi connectivity index (χ4v) is 2.13. The van der Waals surface area contributed by atoms with Crippen LogP contribution in [0.25, 0.3) is 10.9 Å². The summed E-state index contributed by atoms with van der Waals surface area (Å²) in [5.74, 6) is 0. The number of hydrogen-bond acceptors (Lipinski definition) is 2. The van der Waals surface area contributed by atoms with E-state index in [9.17, 15) is 0 Å². The molecule has 3 heteroatoms. The Morgan fingerprint density at radius 1 is 1.29 bits per heavy atom. The molecule has 1 aromatic carbocycles. The molecule has 90 valence electrons. The SMILES string of the molecule is CCNc1cc(CC)nc2c(C)c(Cl)ccc12. The Morgan fingerprint density at radius 3 is 2.71 bits per heavy atom. The third-order valence-corrected chi connectivity index (χ3v) is 3.36. The Balaban J connectivity index is 2.76. The molecule has 0 radical (unpaired) electrons. The standard InChI is InChI=1S/C14H17ClN2/c1-4-10-8-13(16-5-2)11-6-7-12(15)9(3)14(11)17-10/h6-8H,4-5H2,1-3H3,(H,16,17). The van der Waals surface area contributed by atoms with E-state index >= 15 is 0 Å². The van der Waals surface area contributed by atoms with E-state index in [4.69, 9.17) is 11.6 Å². The zero-order chi connectivity index (χ0) is 12.4. The molecule has 2 nitrogen and oxygen atoms in total. The maximum Gasteiger partial charge on any atom is 0.0770 e. The van der Waals surface area contributed by atoms with Crippen molar-refractivity contribution in [2.75, 3.05) is 11.9 Å². The number of pyridine rings is 1. The van der Waals surface area contributed by atoms with Crippen LogP contribution in [-0.2, 0) is 6.42 Å². The van der Waals surface area contributed by atoms with Gasteiger partial charge in [-0.3, -0.25) is 4.98 Å². The predicted octanol–water partition coefficient (Wildman–Crippen LogP) is 4.19. The van der Waals surface area contributed by atoms with Crippen LogP contribution in [0.4, 0.5) is 5.69 Å². The lowest BCUT2D eigenvalue weighted by molar-refractivity contribution is 1.05. The quantitative estimate of drug-likeness (QED) is 0.881. The lowest BCUT2D eigenvalue weighted by Crippen LogP contribution is -2.01. The summed E-state index contributed by atoms with van der Waals surface area (Å²) in [5, 5.41) is 5.31. The summed E-state index contributed by atoms with van der Waals surface area (Å²) in [7, 11) is 0. The number of nitrogens with one attached hydrogen (secondary N) is 1. The van der Waals surface area contributed by atoms with E-state index in [1.54, 1.807) is 0 Å². The van der Waals surface area contributed by atoms with Gasteiger partial charge in [-0.05, 0) is 44.0 Å². The fourth-order valence-electron chi connectivity index (χ4n) is 1.98. The zero-order valence-electron chi connectivity index (χ0n) is 10.5. The molecule has 2 rings (SSSR count). The van der Waals surface area contributed by atoms with Gasteiger partial charge in [-0.2, -0.15) is 0 Å². The Kier molecular flexibility index (Phi) is 3.53. The zero-order valence-corrected chi connectivity index (χ0v) is 11.2. The molecule has 0 aliphatic carbocycles. The average Bonchev–Trinajstić information content (AvgIpc) is 2.34. The highest BCUT2D eigenvalue weighted by Crippen LogP contribution is 2.29. The molecule has 1 aromatic heterocycles. The van der Waals surface area contributed by atoms with Gasteiger partial charge < -0.3 is 5.32 Å². The van der Waals surface area contributed by atoms with Crippen molar-refractivity contribution in [3.8, 4) is 0 Å². The molecule has 0 saturated carbocycles. The van der Waals surface area contributed by atoms with E-state index in [1.807, 2.05) is 19.1 Å². The molecule has 1 N–H and O–H groups in total. The highest BCUT2D eigenvalue weighted by molar-refractivity contribution is 6.32. The number of hydrogen-bond donors (Lipinski definition) is 1. The smallest absolute Gasteiger partial charge is 0.0770 e. The van der Waals surface area contributed by atoms with Gasteiger partial charge in [-0.15, -0.1) is 0 Å². The second-order valence-electron chi connectivity index (χ2n) is 4.11. The van der Waals surface area contributed by atoms with E-state index in [1.165, 1.54) is 0 Å². The van der Waals surface area contributed by atoms with Gasteiger partial charge in [0.1, 0.15) is 0 Å². The largest absolute Gasteiger partial charge is 0.385 e. The van der Waals surface area contributed by atoms with Crippen LogP contribution >= 0.6 is 11.6 Å². The second kappa shape index (κ2) is 4.92. The first kappa shape index (κ1) is 12.2. The second-order valence-corrected chi connectivity index (χ2v) is 4.52. The lowest BCUT2D eigenvalue weighted by atomic mass is 10.1. The van der Waals surface area contributed by atoms with Gasteiger partial charge in [-0.1, -0.05) is 18.5 Å². The summed E-state index contributed by atoms with van der Waals surface area (Å²) in [6, 6.07) is 6.10. The molecule has 0 fully saturated rings. The van der Waals surface area contributed by atoms with Crippen LogP contribution in [0, 0.1) is 6.92 Å². The topological polar surface area (TPSA) is 24.9 Å². The average molecular weight is 249 g/mol. The van der Waals surface area contributed by atoms with Gasteiger partial charge in [0.15, 0.2) is 0 Å². The van der Waals surface area contributed by atoms with Crippen molar-refractivity contribution in [1.82, 2.24) is 4.98 Å². The Bertz CT molecular complexity index is 549. The van der Waals surface area contributed by atoms with Crippen molar-refractivity contribution in [3.05, 3.63) is 34.5 Å². The number of fused-ring (bicyclic) bond motifs is 1. The van der Waals surface area contributed by atoms with Gasteiger partial charge in [0.2, 0.25) is 0 Å². The third-order valence-electron chi connectivity index (χ3n) is 2.95. The van der Waals surface area contributed by atoms with Crippen molar-refractivity contribution >= 4 is 28.2 Å². The number of halogens is 1. The molecular formula is C14H17ClN2.